The van der Waals surface area contributed by atoms with Gasteiger partial charge in [-0.2, -0.15) is 5.10 Å². The Morgan fingerprint density at radius 3 is 2.45 bits per heavy atom. The van der Waals surface area contributed by atoms with Crippen molar-refractivity contribution in [3.05, 3.63) is 35.3 Å². The molecule has 1 aromatic carbocycles. The molecule has 0 aliphatic heterocycles. The molecule has 0 fully saturated rings. The summed E-state index contributed by atoms with van der Waals surface area (Å²) in [6, 6.07) is 1.52. The summed E-state index contributed by atoms with van der Waals surface area (Å²) in [5.41, 5.74) is -1.36. The van der Waals surface area contributed by atoms with E-state index in [1.165, 1.54) is 7.05 Å². The number of carboxylic acids is 1. The van der Waals surface area contributed by atoms with Crippen LogP contribution in [0.4, 0.5) is 13.2 Å². The summed E-state index contributed by atoms with van der Waals surface area (Å²) in [5.74, 6) is -5.74. The van der Waals surface area contributed by atoms with Crippen LogP contribution in [0.15, 0.2) is 12.1 Å². The minimum absolute atomic E-state index is 0.213. The maximum absolute atomic E-state index is 14.1. The highest BCUT2D eigenvalue weighted by Crippen LogP contribution is 2.33. The molecule has 8 heteroatoms. The van der Waals surface area contributed by atoms with E-state index in [0.717, 1.165) is 17.9 Å². The molecule has 2 rings (SSSR count). The van der Waals surface area contributed by atoms with Crippen LogP contribution in [0.3, 0.4) is 0 Å². The lowest BCUT2D eigenvalue weighted by Crippen LogP contribution is -2.03. The maximum Gasteiger partial charge on any atom is 0.356 e. The van der Waals surface area contributed by atoms with Crippen LogP contribution in [0.2, 0.25) is 0 Å². The first kappa shape index (κ1) is 13.9. The number of ether oxygens (including phenoxy) is 1. The fraction of sp³-hybridized carbons (Fsp3) is 0.167. The number of hydrogen-bond donors (Lipinski definition) is 1. The summed E-state index contributed by atoms with van der Waals surface area (Å²) in [7, 11) is 2.39. The largest absolute Gasteiger partial charge is 0.494 e. The van der Waals surface area contributed by atoms with Gasteiger partial charge in [0.2, 0.25) is 0 Å². The zero-order valence-corrected chi connectivity index (χ0v) is 10.4. The molecule has 1 N–H and O–H groups in total. The third kappa shape index (κ3) is 2.09. The van der Waals surface area contributed by atoms with Crippen molar-refractivity contribution in [2.24, 2.45) is 7.05 Å². The van der Waals surface area contributed by atoms with Gasteiger partial charge in [0.25, 0.3) is 0 Å². The van der Waals surface area contributed by atoms with E-state index in [0.29, 0.717) is 6.07 Å². The molecule has 0 unspecified atom stereocenters. The number of nitrogens with zero attached hydrogens (tertiary/aromatic N) is 2. The maximum atomic E-state index is 14.1. The molecule has 0 saturated heterocycles. The van der Waals surface area contributed by atoms with Gasteiger partial charge in [0.1, 0.15) is 0 Å². The molecule has 0 aliphatic rings. The molecule has 0 saturated carbocycles. The van der Waals surface area contributed by atoms with Gasteiger partial charge in [0, 0.05) is 13.1 Å². The molecule has 0 aliphatic carbocycles. The molecule has 1 heterocycles. The SMILES string of the molecule is COc1cc(F)c(F)c(-c2cc(C(=O)O)nn2C)c1F. The zero-order chi connectivity index (χ0) is 15.0. The fourth-order valence-electron chi connectivity index (χ4n) is 1.76. The summed E-state index contributed by atoms with van der Waals surface area (Å²) in [6.07, 6.45) is 0. The quantitative estimate of drug-likeness (QED) is 0.879. The molecule has 1 aromatic heterocycles. The van der Waals surface area contributed by atoms with Gasteiger partial charge >= 0.3 is 5.97 Å². The van der Waals surface area contributed by atoms with Crippen molar-refractivity contribution in [3.63, 3.8) is 0 Å². The van der Waals surface area contributed by atoms with Crippen LogP contribution in [-0.4, -0.2) is 28.0 Å². The highest BCUT2D eigenvalue weighted by atomic mass is 19.2. The van der Waals surface area contributed by atoms with Crippen LogP contribution >= 0.6 is 0 Å². The van der Waals surface area contributed by atoms with Crippen molar-refractivity contribution in [3.8, 4) is 17.0 Å². The Kier molecular flexibility index (Phi) is 3.39. The second kappa shape index (κ2) is 4.87. The molecule has 106 valence electrons. The number of rotatable bonds is 3. The van der Waals surface area contributed by atoms with E-state index < -0.39 is 40.4 Å². The van der Waals surface area contributed by atoms with E-state index in [9.17, 15) is 18.0 Å². The lowest BCUT2D eigenvalue weighted by Gasteiger charge is -2.09. The second-order valence-corrected chi connectivity index (χ2v) is 3.91. The molecule has 0 spiro atoms. The first-order valence-electron chi connectivity index (χ1n) is 5.36. The van der Waals surface area contributed by atoms with E-state index in [1.54, 1.807) is 0 Å². The standard InChI is InChI=1S/C12H9F3N2O3/c1-17-7(4-6(16-17)12(18)19)9-10(14)5(13)3-8(20-2)11(9)15/h3-4H,1-2H3,(H,18,19). The first-order chi connectivity index (χ1) is 9.36. The van der Waals surface area contributed by atoms with Crippen molar-refractivity contribution in [2.75, 3.05) is 7.11 Å². The van der Waals surface area contributed by atoms with Crippen molar-refractivity contribution in [1.29, 1.82) is 0 Å². The second-order valence-electron chi connectivity index (χ2n) is 3.91. The van der Waals surface area contributed by atoms with E-state index in [4.69, 9.17) is 5.11 Å². The Hall–Kier alpha value is -2.51. The van der Waals surface area contributed by atoms with E-state index in [2.05, 4.69) is 9.84 Å². The topological polar surface area (TPSA) is 64.3 Å². The Morgan fingerprint density at radius 1 is 1.30 bits per heavy atom. The third-order valence-electron chi connectivity index (χ3n) is 2.70. The molecule has 20 heavy (non-hydrogen) atoms. The van der Waals surface area contributed by atoms with Gasteiger partial charge in [-0.3, -0.25) is 4.68 Å². The molecule has 2 aromatic rings. The number of carbonyl (C=O) groups is 1. The third-order valence-corrected chi connectivity index (χ3v) is 2.70. The number of halogens is 3. The zero-order valence-electron chi connectivity index (χ0n) is 10.4. The number of methoxy groups -OCH3 is 1. The predicted molar refractivity (Wildman–Crippen MR) is 62.0 cm³/mol. The molecule has 0 radical (unpaired) electrons. The van der Waals surface area contributed by atoms with Crippen LogP contribution in [0, 0.1) is 17.5 Å². The number of aromatic carboxylic acids is 1. The Bertz CT molecular complexity index is 698. The van der Waals surface area contributed by atoms with Crippen molar-refractivity contribution in [2.45, 2.75) is 0 Å². The Balaban J connectivity index is 2.75. The van der Waals surface area contributed by atoms with E-state index in [-0.39, 0.29) is 5.69 Å². The molecular weight excluding hydrogens is 277 g/mol. The number of aromatic nitrogens is 2. The van der Waals surface area contributed by atoms with Gasteiger partial charge < -0.3 is 9.84 Å². The summed E-state index contributed by atoms with van der Waals surface area (Å²) < 4.78 is 46.8. The van der Waals surface area contributed by atoms with Crippen LogP contribution in [0.25, 0.3) is 11.3 Å². The monoisotopic (exact) mass is 286 g/mol. The lowest BCUT2D eigenvalue weighted by atomic mass is 10.1. The minimum atomic E-state index is -1.44. The number of carboxylic acid groups (broad SMARTS) is 1. The van der Waals surface area contributed by atoms with Gasteiger partial charge in [-0.15, -0.1) is 0 Å². The summed E-state index contributed by atoms with van der Waals surface area (Å²) in [5, 5.41) is 12.4. The molecule has 0 bridgehead atoms. The summed E-state index contributed by atoms with van der Waals surface area (Å²) >= 11 is 0. The average molecular weight is 286 g/mol. The van der Waals surface area contributed by atoms with Crippen molar-refractivity contribution in [1.82, 2.24) is 9.78 Å². The van der Waals surface area contributed by atoms with Crippen molar-refractivity contribution < 1.29 is 27.8 Å². The summed E-state index contributed by atoms with van der Waals surface area (Å²) in [4.78, 5) is 10.8. The van der Waals surface area contributed by atoms with Crippen LogP contribution < -0.4 is 4.74 Å². The number of benzene rings is 1. The van der Waals surface area contributed by atoms with Crippen LogP contribution in [0.1, 0.15) is 10.5 Å². The van der Waals surface area contributed by atoms with Crippen molar-refractivity contribution >= 4 is 5.97 Å². The van der Waals surface area contributed by atoms with Gasteiger partial charge in [-0.05, 0) is 6.07 Å². The number of hydrogen-bond acceptors (Lipinski definition) is 3. The van der Waals surface area contributed by atoms with Gasteiger partial charge in [0.05, 0.1) is 18.4 Å². The first-order valence-corrected chi connectivity index (χ1v) is 5.36. The van der Waals surface area contributed by atoms with Gasteiger partial charge in [-0.1, -0.05) is 0 Å². The fourth-order valence-corrected chi connectivity index (χ4v) is 1.76. The highest BCUT2D eigenvalue weighted by Gasteiger charge is 2.24. The molecule has 0 amide bonds. The lowest BCUT2D eigenvalue weighted by molar-refractivity contribution is 0.0689. The summed E-state index contributed by atoms with van der Waals surface area (Å²) in [6.45, 7) is 0. The average Bonchev–Trinajstić information content (AvgIpc) is 2.77. The normalized spacial score (nSPS) is 10.7. The van der Waals surface area contributed by atoms with Crippen LogP contribution in [0.5, 0.6) is 5.75 Å². The minimum Gasteiger partial charge on any atom is -0.494 e. The highest BCUT2D eigenvalue weighted by molar-refractivity contribution is 5.87. The Labute approximate surface area is 111 Å². The predicted octanol–water partition coefficient (Wildman–Crippen LogP) is 2.21. The van der Waals surface area contributed by atoms with Gasteiger partial charge in [0.15, 0.2) is 28.9 Å². The van der Waals surface area contributed by atoms with E-state index >= 15 is 0 Å². The Morgan fingerprint density at radius 2 is 1.95 bits per heavy atom. The van der Waals surface area contributed by atoms with Crippen LogP contribution in [-0.2, 0) is 7.05 Å². The molecule has 0 atom stereocenters. The van der Waals surface area contributed by atoms with Gasteiger partial charge in [-0.25, -0.2) is 18.0 Å². The number of aryl methyl sites for hydroxylation is 1. The molecular formula is C12H9F3N2O3. The molecule has 5 nitrogen and oxygen atoms in total. The van der Waals surface area contributed by atoms with E-state index in [1.807, 2.05) is 0 Å². The smallest absolute Gasteiger partial charge is 0.356 e.